The molecule has 1 atom stereocenters. The predicted molar refractivity (Wildman–Crippen MR) is 121 cm³/mol. The Kier molecular flexibility index (Phi) is 4.50. The van der Waals surface area contributed by atoms with Gasteiger partial charge in [0.15, 0.2) is 0 Å². The van der Waals surface area contributed by atoms with Crippen molar-refractivity contribution in [2.24, 2.45) is 0 Å². The van der Waals surface area contributed by atoms with Crippen LogP contribution < -0.4 is 15.5 Å². The zero-order valence-electron chi connectivity index (χ0n) is 18.1. The van der Waals surface area contributed by atoms with Gasteiger partial charge >= 0.3 is 6.03 Å². The van der Waals surface area contributed by atoms with Gasteiger partial charge < -0.3 is 10.2 Å². The maximum absolute atomic E-state index is 13.1. The fraction of sp³-hybridized carbons (Fsp3) is 0.360. The average Bonchev–Trinajstić information content (AvgIpc) is 3.47. The fourth-order valence-corrected chi connectivity index (χ4v) is 5.29. The zero-order chi connectivity index (χ0) is 22.7. The normalized spacial score (nSPS) is 21.7. The number of hydrogen-bond acceptors (Lipinski definition) is 4. The van der Waals surface area contributed by atoms with Crippen LogP contribution in [0.4, 0.5) is 16.2 Å². The van der Waals surface area contributed by atoms with E-state index in [9.17, 15) is 19.2 Å². The molecule has 1 aliphatic carbocycles. The third-order valence-electron chi connectivity index (χ3n) is 7.10. The second-order valence-corrected chi connectivity index (χ2v) is 9.22. The smallest absolute Gasteiger partial charge is 0.322 e. The average molecular weight is 444 g/mol. The van der Waals surface area contributed by atoms with Crippen molar-refractivity contribution in [1.29, 1.82) is 0 Å². The first-order chi connectivity index (χ1) is 16.0. The highest BCUT2D eigenvalue weighted by Gasteiger charge is 2.39. The van der Waals surface area contributed by atoms with Gasteiger partial charge in [-0.05, 0) is 72.6 Å². The Hall–Kier alpha value is -3.68. The highest BCUT2D eigenvalue weighted by Crippen LogP contribution is 2.45. The maximum atomic E-state index is 13.1. The van der Waals surface area contributed by atoms with Gasteiger partial charge in [0.1, 0.15) is 6.04 Å². The van der Waals surface area contributed by atoms with Crippen molar-refractivity contribution in [2.45, 2.75) is 50.6 Å². The molecule has 1 saturated carbocycles. The van der Waals surface area contributed by atoms with Crippen molar-refractivity contribution >= 4 is 35.1 Å². The lowest BCUT2D eigenvalue weighted by Gasteiger charge is -2.29. The summed E-state index contributed by atoms with van der Waals surface area (Å²) in [5.74, 6) is -0.319. The Bertz CT molecular complexity index is 1220. The Morgan fingerprint density at radius 3 is 2.67 bits per heavy atom. The number of amides is 5. The summed E-state index contributed by atoms with van der Waals surface area (Å²) < 4.78 is 0. The summed E-state index contributed by atoms with van der Waals surface area (Å²) in [6.45, 7) is 0.930. The number of imide groups is 1. The molecule has 0 aromatic heterocycles. The number of hydrogen-bond donors (Lipinski definition) is 2. The lowest BCUT2D eigenvalue weighted by molar-refractivity contribution is -0.136. The van der Waals surface area contributed by atoms with Crippen LogP contribution in [0.15, 0.2) is 36.4 Å². The topological polar surface area (TPSA) is 98.8 Å². The predicted octanol–water partition coefficient (Wildman–Crippen LogP) is 2.92. The summed E-state index contributed by atoms with van der Waals surface area (Å²) in [5.41, 5.74) is 5.56. The second kappa shape index (κ2) is 7.43. The molecule has 0 radical (unpaired) electrons. The third-order valence-corrected chi connectivity index (χ3v) is 7.10. The summed E-state index contributed by atoms with van der Waals surface area (Å²) in [6, 6.07) is 10.6. The molecule has 1 unspecified atom stereocenters. The lowest BCUT2D eigenvalue weighted by atomic mass is 10.0. The number of nitrogens with zero attached hydrogens (tertiary/aromatic N) is 2. The van der Waals surface area contributed by atoms with Crippen LogP contribution in [0.3, 0.4) is 0 Å². The molecular formula is C25H24N4O4. The van der Waals surface area contributed by atoms with Crippen molar-refractivity contribution in [3.63, 3.8) is 0 Å². The number of fused-ring (bicyclic) bond motifs is 2. The summed E-state index contributed by atoms with van der Waals surface area (Å²) in [7, 11) is 0. The van der Waals surface area contributed by atoms with Gasteiger partial charge in [-0.25, -0.2) is 4.79 Å². The molecule has 168 valence electrons. The minimum absolute atomic E-state index is 0.187. The molecule has 33 heavy (non-hydrogen) atoms. The van der Waals surface area contributed by atoms with Crippen molar-refractivity contribution in [1.82, 2.24) is 10.2 Å². The van der Waals surface area contributed by atoms with Gasteiger partial charge in [-0.15, -0.1) is 0 Å². The van der Waals surface area contributed by atoms with Crippen LogP contribution in [0.5, 0.6) is 0 Å². The molecule has 3 aliphatic heterocycles. The Morgan fingerprint density at radius 2 is 1.88 bits per heavy atom. The highest BCUT2D eigenvalue weighted by atomic mass is 16.2. The van der Waals surface area contributed by atoms with Crippen LogP contribution in [-0.2, 0) is 22.6 Å². The molecule has 6 rings (SSSR count). The van der Waals surface area contributed by atoms with Gasteiger partial charge in [-0.1, -0.05) is 12.1 Å². The molecular weight excluding hydrogens is 420 g/mol. The first-order valence-corrected chi connectivity index (χ1v) is 11.5. The van der Waals surface area contributed by atoms with Gasteiger partial charge in [0.25, 0.3) is 5.91 Å². The summed E-state index contributed by atoms with van der Waals surface area (Å²) >= 11 is 0. The Balaban J connectivity index is 1.18. The number of benzene rings is 2. The van der Waals surface area contributed by atoms with Crippen molar-refractivity contribution in [3.05, 3.63) is 58.7 Å². The molecule has 2 aromatic rings. The largest absolute Gasteiger partial charge is 0.326 e. The SMILES string of the molecule is O=C1CCC(N2Cc3cc(NC(=O)N4CCc5c(C6CC6)cccc54)ccc3C2=O)C(=O)N1. The van der Waals surface area contributed by atoms with E-state index in [1.54, 1.807) is 23.1 Å². The number of anilines is 2. The minimum Gasteiger partial charge on any atom is -0.322 e. The minimum atomic E-state index is -0.651. The van der Waals surface area contributed by atoms with E-state index in [-0.39, 0.29) is 30.8 Å². The van der Waals surface area contributed by atoms with Gasteiger partial charge in [-0.2, -0.15) is 0 Å². The molecule has 2 N–H and O–H groups in total. The summed E-state index contributed by atoms with van der Waals surface area (Å²) in [4.78, 5) is 52.9. The van der Waals surface area contributed by atoms with Crippen LogP contribution in [0.1, 0.15) is 58.6 Å². The van der Waals surface area contributed by atoms with Gasteiger partial charge in [0.2, 0.25) is 11.8 Å². The van der Waals surface area contributed by atoms with Crippen molar-refractivity contribution < 1.29 is 19.2 Å². The number of carbonyl (C=O) groups is 4. The molecule has 0 spiro atoms. The maximum Gasteiger partial charge on any atom is 0.326 e. The van der Waals surface area contributed by atoms with E-state index in [0.29, 0.717) is 30.1 Å². The van der Waals surface area contributed by atoms with Crippen LogP contribution in [0.25, 0.3) is 0 Å². The van der Waals surface area contributed by atoms with E-state index in [4.69, 9.17) is 0 Å². The second-order valence-electron chi connectivity index (χ2n) is 9.22. The monoisotopic (exact) mass is 444 g/mol. The van der Waals surface area contributed by atoms with Gasteiger partial charge in [0, 0.05) is 36.4 Å². The Morgan fingerprint density at radius 1 is 1.03 bits per heavy atom. The number of piperidine rings is 1. The zero-order valence-corrected chi connectivity index (χ0v) is 18.1. The molecule has 2 fully saturated rings. The molecule has 1 saturated heterocycles. The fourth-order valence-electron chi connectivity index (χ4n) is 5.29. The Labute approximate surface area is 190 Å². The van der Waals surface area contributed by atoms with Crippen LogP contribution in [0.2, 0.25) is 0 Å². The molecule has 8 heteroatoms. The number of carbonyl (C=O) groups excluding carboxylic acids is 4. The van der Waals surface area contributed by atoms with Crippen LogP contribution in [0, 0.1) is 0 Å². The quantitative estimate of drug-likeness (QED) is 0.711. The molecule has 3 heterocycles. The van der Waals surface area contributed by atoms with Crippen LogP contribution >= 0.6 is 0 Å². The van der Waals surface area contributed by atoms with E-state index < -0.39 is 11.9 Å². The third kappa shape index (κ3) is 3.37. The molecule has 0 bridgehead atoms. The van der Waals surface area contributed by atoms with Gasteiger partial charge in [-0.3, -0.25) is 24.6 Å². The van der Waals surface area contributed by atoms with E-state index in [1.807, 2.05) is 12.1 Å². The summed E-state index contributed by atoms with van der Waals surface area (Å²) in [5, 5.41) is 5.29. The van der Waals surface area contributed by atoms with Gasteiger partial charge in [0.05, 0.1) is 0 Å². The molecule has 8 nitrogen and oxygen atoms in total. The molecule has 4 aliphatic rings. The number of rotatable bonds is 3. The first kappa shape index (κ1) is 20.0. The lowest BCUT2D eigenvalue weighted by Crippen LogP contribution is -2.52. The summed E-state index contributed by atoms with van der Waals surface area (Å²) in [6.07, 6.45) is 3.87. The molecule has 2 aromatic carbocycles. The van der Waals surface area contributed by atoms with E-state index in [2.05, 4.69) is 16.7 Å². The van der Waals surface area contributed by atoms with Crippen LogP contribution in [-0.4, -0.2) is 41.2 Å². The highest BCUT2D eigenvalue weighted by molar-refractivity contribution is 6.06. The van der Waals surface area contributed by atoms with Crippen molar-refractivity contribution in [2.75, 3.05) is 16.8 Å². The standard InChI is InChI=1S/C25H24N4O4/c30-22-9-8-21(23(31)27-22)29-13-15-12-16(6-7-18(15)24(29)32)26-25(33)28-11-10-19-17(14-4-5-14)2-1-3-20(19)28/h1-3,6-7,12,14,21H,4-5,8-11,13H2,(H,26,33)(H,27,30,31). The first-order valence-electron chi connectivity index (χ1n) is 11.5. The number of nitrogens with one attached hydrogen (secondary N) is 2. The van der Waals surface area contributed by atoms with E-state index >= 15 is 0 Å². The number of urea groups is 1. The molecule has 5 amide bonds. The van der Waals surface area contributed by atoms with Crippen molar-refractivity contribution in [3.8, 4) is 0 Å². The van der Waals surface area contributed by atoms with E-state index in [1.165, 1.54) is 28.9 Å². The van der Waals surface area contributed by atoms with E-state index in [0.717, 1.165) is 17.7 Å².